The second-order valence-corrected chi connectivity index (χ2v) is 5.73. The van der Waals surface area contributed by atoms with E-state index in [2.05, 4.69) is 16.6 Å². The van der Waals surface area contributed by atoms with E-state index in [-0.39, 0.29) is 18.1 Å². The zero-order valence-corrected chi connectivity index (χ0v) is 11.1. The number of nitrogens with one attached hydrogen (secondary N) is 1. The molecular weight excluding hydrogens is 253 g/mol. The number of benzene rings is 1. The quantitative estimate of drug-likeness (QED) is 0.830. The normalized spacial score (nSPS) is 10.8. The van der Waals surface area contributed by atoms with E-state index in [1.165, 1.54) is 12.1 Å². The third-order valence-electron chi connectivity index (χ3n) is 2.22. The molecule has 3 nitrogen and oxygen atoms in total. The summed E-state index contributed by atoms with van der Waals surface area (Å²) in [5.74, 6) is 5.26. The second-order valence-electron chi connectivity index (χ2n) is 3.80. The molecule has 5 heteroatoms. The van der Waals surface area contributed by atoms with E-state index in [1.807, 2.05) is 6.92 Å². The molecule has 1 N–H and O–H groups in total. The Balaban J connectivity index is 2.45. The lowest BCUT2D eigenvalue weighted by Crippen LogP contribution is -2.26. The maximum Gasteiger partial charge on any atom is 0.212 e. The number of hydrogen-bond acceptors (Lipinski definition) is 2. The van der Waals surface area contributed by atoms with Gasteiger partial charge in [-0.2, -0.15) is 0 Å². The minimum absolute atomic E-state index is 0.0728. The molecule has 0 spiro atoms. The van der Waals surface area contributed by atoms with Gasteiger partial charge in [-0.15, -0.1) is 0 Å². The number of rotatable bonds is 5. The molecule has 0 amide bonds. The molecule has 0 aromatic heterocycles. The van der Waals surface area contributed by atoms with Gasteiger partial charge in [0.2, 0.25) is 10.0 Å². The van der Waals surface area contributed by atoms with Gasteiger partial charge in [0, 0.05) is 5.56 Å². The summed E-state index contributed by atoms with van der Waals surface area (Å²) in [5, 5.41) is 0. The molecule has 0 saturated carbocycles. The standard InChI is InChI=1S/C13H16FNO2S/c1-2-3-11-18(16,17)15-10-4-5-12-6-8-13(14)9-7-12/h6-9,15H,2-3,10-11H2,1H3. The lowest BCUT2D eigenvalue weighted by Gasteiger charge is -2.01. The van der Waals surface area contributed by atoms with E-state index < -0.39 is 10.0 Å². The van der Waals surface area contributed by atoms with Crippen molar-refractivity contribution in [3.8, 4) is 11.8 Å². The van der Waals surface area contributed by atoms with E-state index >= 15 is 0 Å². The van der Waals surface area contributed by atoms with Crippen LogP contribution in [0, 0.1) is 17.7 Å². The first-order valence-corrected chi connectivity index (χ1v) is 7.40. The maximum atomic E-state index is 12.6. The van der Waals surface area contributed by atoms with Crippen LogP contribution in [0.5, 0.6) is 0 Å². The van der Waals surface area contributed by atoms with Crippen LogP contribution in [-0.2, 0) is 10.0 Å². The van der Waals surface area contributed by atoms with Crippen LogP contribution in [0.25, 0.3) is 0 Å². The highest BCUT2D eigenvalue weighted by Gasteiger charge is 2.06. The van der Waals surface area contributed by atoms with E-state index in [9.17, 15) is 12.8 Å². The molecule has 98 valence electrons. The first-order valence-electron chi connectivity index (χ1n) is 5.75. The molecular formula is C13H16FNO2S. The predicted octanol–water partition coefficient (Wildman–Crippen LogP) is 1.90. The van der Waals surface area contributed by atoms with E-state index in [0.717, 1.165) is 6.42 Å². The minimum atomic E-state index is -3.22. The summed E-state index contributed by atoms with van der Waals surface area (Å²) in [6.45, 7) is 2.01. The molecule has 1 rings (SSSR count). The summed E-state index contributed by atoms with van der Waals surface area (Å²) in [6, 6.07) is 5.73. The summed E-state index contributed by atoms with van der Waals surface area (Å²) in [4.78, 5) is 0. The molecule has 0 saturated heterocycles. The van der Waals surface area contributed by atoms with Gasteiger partial charge in [0.1, 0.15) is 5.82 Å². The number of halogens is 1. The Morgan fingerprint density at radius 3 is 2.56 bits per heavy atom. The van der Waals surface area contributed by atoms with Crippen molar-refractivity contribution in [3.63, 3.8) is 0 Å². The average Bonchev–Trinajstić information content (AvgIpc) is 2.34. The fourth-order valence-corrected chi connectivity index (χ4v) is 2.34. The molecule has 0 aliphatic carbocycles. The molecule has 0 bridgehead atoms. The molecule has 0 unspecified atom stereocenters. The SMILES string of the molecule is CCCCS(=O)(=O)NCC#Cc1ccc(F)cc1. The van der Waals surface area contributed by atoms with Crippen LogP contribution in [0.15, 0.2) is 24.3 Å². The van der Waals surface area contributed by atoms with Gasteiger partial charge in [0.25, 0.3) is 0 Å². The first-order chi connectivity index (χ1) is 8.53. The zero-order valence-electron chi connectivity index (χ0n) is 10.2. The zero-order chi connectivity index (χ0) is 13.4. The Morgan fingerprint density at radius 1 is 1.28 bits per heavy atom. The van der Waals surface area contributed by atoms with Gasteiger partial charge in [-0.1, -0.05) is 25.2 Å². The third kappa shape index (κ3) is 5.80. The summed E-state index contributed by atoms with van der Waals surface area (Å²) < 4.78 is 37.8. The van der Waals surface area contributed by atoms with Crippen LogP contribution in [0.1, 0.15) is 25.3 Å². The van der Waals surface area contributed by atoms with Gasteiger partial charge in [-0.05, 0) is 30.7 Å². The van der Waals surface area contributed by atoms with Gasteiger partial charge in [0.05, 0.1) is 12.3 Å². The maximum absolute atomic E-state index is 12.6. The number of sulfonamides is 1. The third-order valence-corrected chi connectivity index (χ3v) is 3.63. The van der Waals surface area contributed by atoms with Crippen molar-refractivity contribution in [3.05, 3.63) is 35.6 Å². The van der Waals surface area contributed by atoms with E-state index in [4.69, 9.17) is 0 Å². The summed E-state index contributed by atoms with van der Waals surface area (Å²) in [6.07, 6.45) is 1.48. The fourth-order valence-electron chi connectivity index (χ4n) is 1.23. The average molecular weight is 269 g/mol. The lowest BCUT2D eigenvalue weighted by molar-refractivity contribution is 0.582. The Bertz CT molecular complexity index is 526. The van der Waals surface area contributed by atoms with Crippen LogP contribution in [0.4, 0.5) is 4.39 Å². The summed E-state index contributed by atoms with van der Waals surface area (Å²) in [5.41, 5.74) is 0.657. The van der Waals surface area contributed by atoms with Crippen molar-refractivity contribution < 1.29 is 12.8 Å². The highest BCUT2D eigenvalue weighted by Crippen LogP contribution is 2.00. The van der Waals surface area contributed by atoms with Crippen LogP contribution in [0.2, 0.25) is 0 Å². The van der Waals surface area contributed by atoms with Crippen molar-refractivity contribution in [1.29, 1.82) is 0 Å². The van der Waals surface area contributed by atoms with Gasteiger partial charge < -0.3 is 0 Å². The highest BCUT2D eigenvalue weighted by molar-refractivity contribution is 7.89. The Labute approximate surface area is 107 Å². The molecule has 0 atom stereocenters. The van der Waals surface area contributed by atoms with Crippen molar-refractivity contribution in [2.45, 2.75) is 19.8 Å². The first kappa shape index (κ1) is 14.7. The molecule has 0 aliphatic rings. The Morgan fingerprint density at radius 2 is 1.94 bits per heavy atom. The molecule has 18 heavy (non-hydrogen) atoms. The van der Waals surface area contributed by atoms with E-state index in [1.54, 1.807) is 12.1 Å². The van der Waals surface area contributed by atoms with Crippen molar-refractivity contribution in [2.24, 2.45) is 0 Å². The summed E-state index contributed by atoms with van der Waals surface area (Å²) >= 11 is 0. The van der Waals surface area contributed by atoms with Crippen molar-refractivity contribution in [1.82, 2.24) is 4.72 Å². The lowest BCUT2D eigenvalue weighted by atomic mass is 10.2. The highest BCUT2D eigenvalue weighted by atomic mass is 32.2. The van der Waals surface area contributed by atoms with Crippen molar-refractivity contribution in [2.75, 3.05) is 12.3 Å². The van der Waals surface area contributed by atoms with Gasteiger partial charge in [-0.3, -0.25) is 0 Å². The molecule has 1 aromatic carbocycles. The fraction of sp³-hybridized carbons (Fsp3) is 0.385. The topological polar surface area (TPSA) is 46.2 Å². The van der Waals surface area contributed by atoms with Crippen LogP contribution in [0.3, 0.4) is 0 Å². The van der Waals surface area contributed by atoms with Crippen LogP contribution < -0.4 is 4.72 Å². The minimum Gasteiger partial charge on any atom is -0.212 e. The van der Waals surface area contributed by atoms with E-state index in [0.29, 0.717) is 12.0 Å². The van der Waals surface area contributed by atoms with Gasteiger partial charge in [0.15, 0.2) is 0 Å². The number of unbranched alkanes of at least 4 members (excludes halogenated alkanes) is 1. The molecule has 1 aromatic rings. The smallest absolute Gasteiger partial charge is 0.212 e. The monoisotopic (exact) mass is 269 g/mol. The van der Waals surface area contributed by atoms with Gasteiger partial charge >= 0.3 is 0 Å². The number of hydrogen-bond donors (Lipinski definition) is 1. The molecule has 0 radical (unpaired) electrons. The summed E-state index contributed by atoms with van der Waals surface area (Å²) in [7, 11) is -3.22. The largest absolute Gasteiger partial charge is 0.212 e. The Hall–Kier alpha value is -1.38. The Kier molecular flexibility index (Phi) is 5.83. The van der Waals surface area contributed by atoms with Gasteiger partial charge in [-0.25, -0.2) is 17.5 Å². The predicted molar refractivity (Wildman–Crippen MR) is 70.0 cm³/mol. The van der Waals surface area contributed by atoms with Crippen LogP contribution in [-0.4, -0.2) is 20.7 Å². The molecule has 0 aliphatic heterocycles. The molecule has 0 fully saturated rings. The molecule has 0 heterocycles. The second kappa shape index (κ2) is 7.14. The van der Waals surface area contributed by atoms with Crippen LogP contribution >= 0.6 is 0 Å². The van der Waals surface area contributed by atoms with Crippen molar-refractivity contribution >= 4 is 10.0 Å².